The van der Waals surface area contributed by atoms with Crippen LogP contribution in [0.4, 0.5) is 4.39 Å². The van der Waals surface area contributed by atoms with Crippen molar-refractivity contribution >= 4 is 11.8 Å². The summed E-state index contributed by atoms with van der Waals surface area (Å²) < 4.78 is 21.4. The summed E-state index contributed by atoms with van der Waals surface area (Å²) in [7, 11) is 0. The van der Waals surface area contributed by atoms with Crippen molar-refractivity contribution in [3.05, 3.63) is 46.3 Å². The van der Waals surface area contributed by atoms with Crippen molar-refractivity contribution in [2.45, 2.75) is 67.7 Å². The van der Waals surface area contributed by atoms with Crippen LogP contribution in [0, 0.1) is 22.1 Å². The van der Waals surface area contributed by atoms with Crippen LogP contribution < -0.4 is 4.74 Å². The van der Waals surface area contributed by atoms with Crippen LogP contribution >= 0.6 is 0 Å². The molecule has 1 aromatic rings. The van der Waals surface area contributed by atoms with Gasteiger partial charge in [-0.1, -0.05) is 58.3 Å². The number of ether oxygens (including phenoxy) is 1. The van der Waals surface area contributed by atoms with Gasteiger partial charge in [0.1, 0.15) is 11.6 Å². The van der Waals surface area contributed by atoms with Crippen LogP contribution in [0.5, 0.6) is 5.75 Å². The minimum atomic E-state index is -0.398. The second-order valence-electron chi connectivity index (χ2n) is 10.3. The normalized spacial score (nSPS) is 22.4. The lowest BCUT2D eigenvalue weighted by molar-refractivity contribution is 0.243. The van der Waals surface area contributed by atoms with E-state index >= 15 is 4.39 Å². The molecule has 0 atom stereocenters. The summed E-state index contributed by atoms with van der Waals surface area (Å²) in [4.78, 5) is 0. The van der Waals surface area contributed by atoms with Crippen LogP contribution in [0.3, 0.4) is 0 Å². The molecule has 3 rings (SSSR count). The molecule has 3 nitrogen and oxygen atoms in total. The minimum Gasteiger partial charge on any atom is -0.493 e. The van der Waals surface area contributed by atoms with Gasteiger partial charge in [-0.2, -0.15) is 0 Å². The standard InChI is InChI=1S/C25H34FNO2/c1-8-29-20-10-9-16(15-27-28)22(26)21(20)18-13-17-19(14-25(18,6)7)24(4,5)12-11-23(17,2)3/h9-10,13,15,28H,8,11-12,14H2,1-7H3/b27-15+. The van der Waals surface area contributed by atoms with E-state index in [0.29, 0.717) is 17.9 Å². The Kier molecular flexibility index (Phi) is 5.44. The Bertz CT molecular complexity index is 904. The SMILES string of the molecule is CCOc1ccc(/C=N/O)c(F)c1C1=CC2=C(CC1(C)C)C(C)(C)CCC2(C)C. The molecule has 0 bridgehead atoms. The molecule has 1 N–H and O–H groups in total. The summed E-state index contributed by atoms with van der Waals surface area (Å²) in [5.41, 5.74) is 4.49. The van der Waals surface area contributed by atoms with Crippen LogP contribution in [-0.4, -0.2) is 18.0 Å². The van der Waals surface area contributed by atoms with E-state index in [-0.39, 0.29) is 21.8 Å². The lowest BCUT2D eigenvalue weighted by Gasteiger charge is -2.49. The van der Waals surface area contributed by atoms with E-state index in [1.807, 2.05) is 6.92 Å². The van der Waals surface area contributed by atoms with E-state index < -0.39 is 5.82 Å². The smallest absolute Gasteiger partial charge is 0.143 e. The van der Waals surface area contributed by atoms with Gasteiger partial charge in [-0.15, -0.1) is 0 Å². The fourth-order valence-corrected chi connectivity index (χ4v) is 4.85. The summed E-state index contributed by atoms with van der Waals surface area (Å²) in [6.45, 7) is 16.0. The van der Waals surface area contributed by atoms with Gasteiger partial charge < -0.3 is 9.94 Å². The molecule has 0 radical (unpaired) electrons. The van der Waals surface area contributed by atoms with Crippen molar-refractivity contribution in [2.75, 3.05) is 6.61 Å². The molecular weight excluding hydrogens is 365 g/mol. The summed E-state index contributed by atoms with van der Waals surface area (Å²) in [6.07, 6.45) is 6.54. The summed E-state index contributed by atoms with van der Waals surface area (Å²) >= 11 is 0. The summed E-state index contributed by atoms with van der Waals surface area (Å²) in [6, 6.07) is 3.37. The van der Waals surface area contributed by atoms with Crippen molar-refractivity contribution in [3.63, 3.8) is 0 Å². The first-order valence-corrected chi connectivity index (χ1v) is 10.5. The second kappa shape index (κ2) is 7.30. The summed E-state index contributed by atoms with van der Waals surface area (Å²) in [5, 5.41) is 12.0. The van der Waals surface area contributed by atoms with Crippen molar-refractivity contribution in [2.24, 2.45) is 21.4 Å². The van der Waals surface area contributed by atoms with Gasteiger partial charge in [0.25, 0.3) is 0 Å². The zero-order valence-electron chi connectivity index (χ0n) is 18.8. The quantitative estimate of drug-likeness (QED) is 0.337. The third-order valence-corrected chi connectivity index (χ3v) is 6.78. The molecule has 2 aliphatic rings. The molecule has 0 amide bonds. The van der Waals surface area contributed by atoms with E-state index in [9.17, 15) is 0 Å². The summed E-state index contributed by atoms with van der Waals surface area (Å²) in [5.74, 6) is 0.140. The lowest BCUT2D eigenvalue weighted by atomic mass is 9.56. The lowest BCUT2D eigenvalue weighted by Crippen LogP contribution is -2.35. The molecule has 158 valence electrons. The molecular formula is C25H34FNO2. The van der Waals surface area contributed by atoms with Gasteiger partial charge >= 0.3 is 0 Å². The number of oxime groups is 1. The molecule has 2 aliphatic carbocycles. The van der Waals surface area contributed by atoms with Gasteiger partial charge in [-0.25, -0.2) is 4.39 Å². The first kappa shape index (κ1) is 21.6. The van der Waals surface area contributed by atoms with E-state index in [1.54, 1.807) is 12.1 Å². The highest BCUT2D eigenvalue weighted by atomic mass is 19.1. The van der Waals surface area contributed by atoms with Crippen LogP contribution in [0.25, 0.3) is 5.57 Å². The van der Waals surface area contributed by atoms with Gasteiger partial charge in [0.05, 0.1) is 18.4 Å². The van der Waals surface area contributed by atoms with Gasteiger partial charge in [0.2, 0.25) is 0 Å². The largest absolute Gasteiger partial charge is 0.493 e. The molecule has 0 unspecified atom stereocenters. The Morgan fingerprint density at radius 3 is 2.34 bits per heavy atom. The van der Waals surface area contributed by atoms with Crippen molar-refractivity contribution in [1.29, 1.82) is 0 Å². The molecule has 1 aromatic carbocycles. The molecule has 0 aliphatic heterocycles. The Hall–Kier alpha value is -2.10. The monoisotopic (exact) mass is 399 g/mol. The van der Waals surface area contributed by atoms with E-state index in [0.717, 1.165) is 24.6 Å². The van der Waals surface area contributed by atoms with Gasteiger partial charge in [0.15, 0.2) is 0 Å². The zero-order valence-corrected chi connectivity index (χ0v) is 18.8. The minimum absolute atomic E-state index is 0.0546. The number of hydrogen-bond donors (Lipinski definition) is 1. The molecule has 0 heterocycles. The first-order valence-electron chi connectivity index (χ1n) is 10.5. The molecule has 0 saturated carbocycles. The predicted octanol–water partition coefficient (Wildman–Crippen LogP) is 6.99. The molecule has 0 saturated heterocycles. The number of nitrogens with zero attached hydrogens (tertiary/aromatic N) is 1. The van der Waals surface area contributed by atoms with E-state index in [2.05, 4.69) is 52.8 Å². The Labute approximate surface area is 174 Å². The molecule has 0 aromatic heterocycles. The fraction of sp³-hybridized carbons (Fsp3) is 0.560. The van der Waals surface area contributed by atoms with Crippen LogP contribution in [-0.2, 0) is 0 Å². The maximum Gasteiger partial charge on any atom is 0.143 e. The van der Waals surface area contributed by atoms with Crippen LogP contribution in [0.2, 0.25) is 0 Å². The maximum atomic E-state index is 15.6. The predicted molar refractivity (Wildman–Crippen MR) is 117 cm³/mol. The first-order chi connectivity index (χ1) is 13.4. The average molecular weight is 400 g/mol. The van der Waals surface area contributed by atoms with E-state index in [4.69, 9.17) is 9.94 Å². The highest BCUT2D eigenvalue weighted by Crippen LogP contribution is 2.58. The van der Waals surface area contributed by atoms with Gasteiger partial charge in [-0.3, -0.25) is 0 Å². The average Bonchev–Trinajstić information content (AvgIpc) is 2.62. The molecule has 29 heavy (non-hydrogen) atoms. The zero-order chi connectivity index (χ0) is 21.6. The third kappa shape index (κ3) is 3.74. The molecule has 4 heteroatoms. The van der Waals surface area contributed by atoms with Crippen molar-refractivity contribution < 1.29 is 14.3 Å². The van der Waals surface area contributed by atoms with Crippen molar-refractivity contribution in [1.82, 2.24) is 0 Å². The molecule has 0 spiro atoms. The number of benzene rings is 1. The Balaban J connectivity index is 2.31. The van der Waals surface area contributed by atoms with Gasteiger partial charge in [0, 0.05) is 5.56 Å². The van der Waals surface area contributed by atoms with Crippen LogP contribution in [0.1, 0.15) is 78.9 Å². The maximum absolute atomic E-state index is 15.6. The fourth-order valence-electron chi connectivity index (χ4n) is 4.85. The van der Waals surface area contributed by atoms with Gasteiger partial charge in [-0.05, 0) is 65.7 Å². The topological polar surface area (TPSA) is 41.8 Å². The van der Waals surface area contributed by atoms with Crippen molar-refractivity contribution in [3.8, 4) is 5.75 Å². The highest BCUT2D eigenvalue weighted by Gasteiger charge is 2.44. The highest BCUT2D eigenvalue weighted by molar-refractivity contribution is 5.86. The Morgan fingerprint density at radius 1 is 1.07 bits per heavy atom. The van der Waals surface area contributed by atoms with E-state index in [1.165, 1.54) is 17.6 Å². The third-order valence-electron chi connectivity index (χ3n) is 6.78. The number of allylic oxidation sites excluding steroid dienone is 4. The Morgan fingerprint density at radius 2 is 1.72 bits per heavy atom. The number of hydrogen-bond acceptors (Lipinski definition) is 3. The number of halogens is 1. The number of rotatable bonds is 4. The second-order valence-corrected chi connectivity index (χ2v) is 10.3. The molecule has 0 fully saturated rings. The van der Waals surface area contributed by atoms with Crippen LogP contribution in [0.15, 0.2) is 34.5 Å².